The van der Waals surface area contributed by atoms with E-state index >= 15 is 0 Å². The molecular weight excluding hydrogens is 356 g/mol. The van der Waals surface area contributed by atoms with Gasteiger partial charge in [-0.1, -0.05) is 19.1 Å². The molecule has 2 heterocycles. The molecule has 1 amide bonds. The third-order valence-corrected chi connectivity index (χ3v) is 5.22. The fourth-order valence-corrected chi connectivity index (χ4v) is 3.71. The second kappa shape index (κ2) is 9.34. The van der Waals surface area contributed by atoms with E-state index in [1.165, 1.54) is 15.3 Å². The van der Waals surface area contributed by atoms with Gasteiger partial charge in [0, 0.05) is 28.5 Å². The first kappa shape index (κ1) is 19.9. The number of morpholine rings is 1. The van der Waals surface area contributed by atoms with Crippen molar-refractivity contribution in [3.8, 4) is 0 Å². The number of halogens is 1. The first-order chi connectivity index (χ1) is 11.7. The first-order valence-electron chi connectivity index (χ1n) is 8.45. The van der Waals surface area contributed by atoms with E-state index < -0.39 is 6.10 Å². The quantitative estimate of drug-likeness (QED) is 0.862. The van der Waals surface area contributed by atoms with Gasteiger partial charge in [0.1, 0.15) is 6.10 Å². The summed E-state index contributed by atoms with van der Waals surface area (Å²) >= 11 is 1.73. The average molecular weight is 381 g/mol. The van der Waals surface area contributed by atoms with Gasteiger partial charge in [0.15, 0.2) is 0 Å². The van der Waals surface area contributed by atoms with Crippen LogP contribution >= 0.6 is 23.7 Å². The SMILES string of the molecule is CCc1ccc(N(Cc2ccc(C)s2)C(=O)[C@H]2CNCCO2)cc1.Cl. The van der Waals surface area contributed by atoms with Crippen LogP contribution in [0.3, 0.4) is 0 Å². The molecule has 6 heteroatoms. The van der Waals surface area contributed by atoms with Gasteiger partial charge in [-0.25, -0.2) is 0 Å². The third kappa shape index (κ3) is 5.05. The van der Waals surface area contributed by atoms with Crippen molar-refractivity contribution in [3.63, 3.8) is 0 Å². The number of carbonyl (C=O) groups is 1. The van der Waals surface area contributed by atoms with Crippen molar-refractivity contribution < 1.29 is 9.53 Å². The Hall–Kier alpha value is -1.40. The fraction of sp³-hybridized carbons (Fsp3) is 0.421. The van der Waals surface area contributed by atoms with Gasteiger partial charge in [0.2, 0.25) is 0 Å². The zero-order valence-corrected chi connectivity index (χ0v) is 16.3. The number of carbonyl (C=O) groups excluding carboxylic acids is 1. The zero-order valence-electron chi connectivity index (χ0n) is 14.7. The Morgan fingerprint density at radius 3 is 2.60 bits per heavy atom. The Balaban J connectivity index is 0.00000225. The minimum atomic E-state index is -0.411. The van der Waals surface area contributed by atoms with Crippen molar-refractivity contribution in [2.24, 2.45) is 0 Å². The van der Waals surface area contributed by atoms with Crippen LogP contribution in [0.25, 0.3) is 0 Å². The number of rotatable bonds is 5. The molecule has 0 saturated carbocycles. The standard InChI is InChI=1S/C19H24N2O2S.ClH/c1-3-15-5-7-16(8-6-15)21(13-17-9-4-14(2)24-17)19(22)18-12-20-10-11-23-18;/h4-9,18,20H,3,10-13H2,1-2H3;1H/t18-;/m1./s1. The Bertz CT molecular complexity index is 681. The molecule has 1 N–H and O–H groups in total. The minimum absolute atomic E-state index is 0. The maximum absolute atomic E-state index is 13.0. The molecule has 136 valence electrons. The summed E-state index contributed by atoms with van der Waals surface area (Å²) in [5, 5.41) is 3.24. The molecule has 1 atom stereocenters. The summed E-state index contributed by atoms with van der Waals surface area (Å²) in [5.74, 6) is 0.0255. The van der Waals surface area contributed by atoms with E-state index in [0.717, 1.165) is 18.7 Å². The number of amides is 1. The Morgan fingerprint density at radius 2 is 2.04 bits per heavy atom. The van der Waals surface area contributed by atoms with Crippen LogP contribution in [-0.4, -0.2) is 31.7 Å². The van der Waals surface area contributed by atoms with Crippen LogP contribution in [0.15, 0.2) is 36.4 Å². The van der Waals surface area contributed by atoms with Gasteiger partial charge in [-0.15, -0.1) is 23.7 Å². The lowest BCUT2D eigenvalue weighted by molar-refractivity contribution is -0.131. The molecule has 1 aliphatic heterocycles. The molecule has 4 nitrogen and oxygen atoms in total. The number of nitrogens with one attached hydrogen (secondary N) is 1. The van der Waals surface area contributed by atoms with Crippen LogP contribution in [0.2, 0.25) is 0 Å². The third-order valence-electron chi connectivity index (χ3n) is 4.24. The lowest BCUT2D eigenvalue weighted by atomic mass is 10.1. The number of aryl methyl sites for hydroxylation is 2. The molecular formula is C19H25ClN2O2S. The van der Waals surface area contributed by atoms with E-state index in [2.05, 4.69) is 43.4 Å². The number of anilines is 1. The van der Waals surface area contributed by atoms with E-state index in [1.807, 2.05) is 17.0 Å². The molecule has 1 aromatic heterocycles. The topological polar surface area (TPSA) is 41.6 Å². The summed E-state index contributed by atoms with van der Waals surface area (Å²) in [7, 11) is 0. The highest BCUT2D eigenvalue weighted by molar-refractivity contribution is 7.11. The lowest BCUT2D eigenvalue weighted by Gasteiger charge is -2.29. The number of nitrogens with zero attached hydrogens (tertiary/aromatic N) is 1. The summed E-state index contributed by atoms with van der Waals surface area (Å²) in [4.78, 5) is 17.3. The first-order valence-corrected chi connectivity index (χ1v) is 9.27. The largest absolute Gasteiger partial charge is 0.366 e. The molecule has 0 bridgehead atoms. The van der Waals surface area contributed by atoms with Crippen LogP contribution in [0, 0.1) is 6.92 Å². The second-order valence-corrected chi connectivity index (χ2v) is 7.39. The van der Waals surface area contributed by atoms with E-state index in [-0.39, 0.29) is 18.3 Å². The van der Waals surface area contributed by atoms with Crippen molar-refractivity contribution in [1.82, 2.24) is 5.32 Å². The molecule has 0 unspecified atom stereocenters. The maximum atomic E-state index is 13.0. The van der Waals surface area contributed by atoms with Crippen molar-refractivity contribution in [1.29, 1.82) is 0 Å². The molecule has 1 saturated heterocycles. The van der Waals surface area contributed by atoms with Crippen molar-refractivity contribution >= 4 is 35.3 Å². The monoisotopic (exact) mass is 380 g/mol. The van der Waals surface area contributed by atoms with Crippen LogP contribution in [0.1, 0.15) is 22.2 Å². The van der Waals surface area contributed by atoms with Gasteiger partial charge in [0.25, 0.3) is 5.91 Å². The highest BCUT2D eigenvalue weighted by Gasteiger charge is 2.28. The molecule has 1 fully saturated rings. The number of thiophene rings is 1. The summed E-state index contributed by atoms with van der Waals surface area (Å²) < 4.78 is 5.68. The normalized spacial score (nSPS) is 17.0. The van der Waals surface area contributed by atoms with E-state index in [9.17, 15) is 4.79 Å². The smallest absolute Gasteiger partial charge is 0.257 e. The Morgan fingerprint density at radius 1 is 1.28 bits per heavy atom. The predicted octanol–water partition coefficient (Wildman–Crippen LogP) is 3.56. The van der Waals surface area contributed by atoms with Crippen molar-refractivity contribution in [2.75, 3.05) is 24.6 Å². The lowest BCUT2D eigenvalue weighted by Crippen LogP contribution is -2.49. The van der Waals surface area contributed by atoms with Gasteiger partial charge in [-0.3, -0.25) is 4.79 Å². The molecule has 3 rings (SSSR count). The number of benzene rings is 1. The maximum Gasteiger partial charge on any atom is 0.257 e. The van der Waals surface area contributed by atoms with Crippen molar-refractivity contribution in [2.45, 2.75) is 32.9 Å². The molecule has 1 aromatic carbocycles. The molecule has 0 aliphatic carbocycles. The molecule has 2 aromatic rings. The van der Waals surface area contributed by atoms with E-state index in [1.54, 1.807) is 11.3 Å². The van der Waals surface area contributed by atoms with Gasteiger partial charge < -0.3 is 15.0 Å². The number of hydrogen-bond donors (Lipinski definition) is 1. The van der Waals surface area contributed by atoms with Crippen LogP contribution in [0.5, 0.6) is 0 Å². The average Bonchev–Trinajstić information content (AvgIpc) is 3.05. The van der Waals surface area contributed by atoms with E-state index in [0.29, 0.717) is 19.7 Å². The Kier molecular flexibility index (Phi) is 7.44. The van der Waals surface area contributed by atoms with Gasteiger partial charge in [-0.05, 0) is 43.2 Å². The van der Waals surface area contributed by atoms with Crippen LogP contribution < -0.4 is 10.2 Å². The van der Waals surface area contributed by atoms with Crippen molar-refractivity contribution in [3.05, 3.63) is 51.7 Å². The zero-order chi connectivity index (χ0) is 16.9. The molecule has 0 radical (unpaired) electrons. The number of hydrogen-bond acceptors (Lipinski definition) is 4. The van der Waals surface area contributed by atoms with Gasteiger partial charge in [-0.2, -0.15) is 0 Å². The van der Waals surface area contributed by atoms with Crippen LogP contribution in [-0.2, 0) is 22.5 Å². The highest BCUT2D eigenvalue weighted by atomic mass is 35.5. The molecule has 0 spiro atoms. The predicted molar refractivity (Wildman–Crippen MR) is 106 cm³/mol. The molecule has 1 aliphatic rings. The summed E-state index contributed by atoms with van der Waals surface area (Å²) in [5.41, 5.74) is 2.20. The van der Waals surface area contributed by atoms with Gasteiger partial charge in [0.05, 0.1) is 13.2 Å². The van der Waals surface area contributed by atoms with Gasteiger partial charge >= 0.3 is 0 Å². The van der Waals surface area contributed by atoms with Crippen LogP contribution in [0.4, 0.5) is 5.69 Å². The second-order valence-electron chi connectivity index (χ2n) is 6.02. The van der Waals surface area contributed by atoms with E-state index in [4.69, 9.17) is 4.74 Å². The number of ether oxygens (including phenoxy) is 1. The summed E-state index contributed by atoms with van der Waals surface area (Å²) in [6.45, 7) is 6.77. The Labute approximate surface area is 159 Å². The summed E-state index contributed by atoms with van der Waals surface area (Å²) in [6, 6.07) is 12.5. The fourth-order valence-electron chi connectivity index (χ4n) is 2.83. The summed E-state index contributed by atoms with van der Waals surface area (Å²) in [6.07, 6.45) is 0.583. The minimum Gasteiger partial charge on any atom is -0.366 e. The highest BCUT2D eigenvalue weighted by Crippen LogP contribution is 2.24. The molecule has 25 heavy (non-hydrogen) atoms.